The molecule has 6 nitrogen and oxygen atoms in total. The van der Waals surface area contributed by atoms with Crippen LogP contribution in [0.5, 0.6) is 0 Å². The molecule has 0 bridgehead atoms. The van der Waals surface area contributed by atoms with Crippen molar-refractivity contribution in [3.8, 4) is 0 Å². The van der Waals surface area contributed by atoms with Crippen molar-refractivity contribution in [3.63, 3.8) is 0 Å². The lowest BCUT2D eigenvalue weighted by Gasteiger charge is -2.20. The van der Waals surface area contributed by atoms with Crippen molar-refractivity contribution in [2.45, 2.75) is 11.8 Å². The number of rotatable bonds is 5. The summed E-state index contributed by atoms with van der Waals surface area (Å²) in [5, 5.41) is 0.935. The van der Waals surface area contributed by atoms with Gasteiger partial charge in [0.1, 0.15) is 0 Å². The average Bonchev–Trinajstić information content (AvgIpc) is 3.01. The van der Waals surface area contributed by atoms with Crippen LogP contribution in [0, 0.1) is 0 Å². The van der Waals surface area contributed by atoms with E-state index in [1.165, 1.54) is 25.2 Å². The van der Waals surface area contributed by atoms with Crippen LogP contribution in [0.2, 0.25) is 10.0 Å². The molecule has 0 aliphatic heterocycles. The maximum absolute atomic E-state index is 13.1. The van der Waals surface area contributed by atoms with Crippen LogP contribution in [0.4, 0.5) is 5.69 Å². The van der Waals surface area contributed by atoms with E-state index < -0.39 is 16.0 Å². The number of ether oxygens (including phenoxy) is 1. The summed E-state index contributed by atoms with van der Waals surface area (Å²) in [5.41, 5.74) is 0.521. The summed E-state index contributed by atoms with van der Waals surface area (Å²) in [6.45, 7) is 1.80. The number of hydrogen-bond acceptors (Lipinski definition) is 4. The number of benzene rings is 2. The number of carbonyl (C=O) groups excluding carboxylic acids is 1. The highest BCUT2D eigenvalue weighted by molar-refractivity contribution is 7.92. The van der Waals surface area contributed by atoms with E-state index in [0.29, 0.717) is 15.9 Å². The minimum Gasteiger partial charge on any atom is -0.461 e. The molecule has 0 saturated heterocycles. The van der Waals surface area contributed by atoms with Crippen LogP contribution in [0.25, 0.3) is 10.9 Å². The van der Waals surface area contributed by atoms with Crippen LogP contribution in [0.3, 0.4) is 0 Å². The van der Waals surface area contributed by atoms with Crippen molar-refractivity contribution in [3.05, 3.63) is 58.2 Å². The number of hydrogen-bond donors (Lipinski definition) is 1. The summed E-state index contributed by atoms with van der Waals surface area (Å²) in [5.74, 6) is -0.689. The van der Waals surface area contributed by atoms with Crippen LogP contribution in [0.15, 0.2) is 47.4 Å². The third kappa shape index (κ3) is 3.50. The zero-order valence-electron chi connectivity index (χ0n) is 14.5. The van der Waals surface area contributed by atoms with Crippen molar-refractivity contribution in [1.29, 1.82) is 0 Å². The lowest BCUT2D eigenvalue weighted by Crippen LogP contribution is -2.28. The van der Waals surface area contributed by atoms with E-state index in [1.807, 2.05) is 0 Å². The molecule has 1 N–H and O–H groups in total. The molecule has 0 saturated carbocycles. The van der Waals surface area contributed by atoms with E-state index in [4.69, 9.17) is 27.9 Å². The van der Waals surface area contributed by atoms with Crippen molar-refractivity contribution in [1.82, 2.24) is 4.98 Å². The molecule has 9 heteroatoms. The molecule has 0 aliphatic carbocycles. The van der Waals surface area contributed by atoms with E-state index in [1.54, 1.807) is 31.2 Å². The van der Waals surface area contributed by atoms with Crippen LogP contribution in [-0.2, 0) is 14.8 Å². The Labute approximate surface area is 166 Å². The second-order valence-electron chi connectivity index (χ2n) is 5.66. The fraction of sp³-hybridized carbons (Fsp3) is 0.167. The Morgan fingerprint density at radius 3 is 2.48 bits per heavy atom. The molecule has 0 fully saturated rings. The summed E-state index contributed by atoms with van der Waals surface area (Å²) in [4.78, 5) is 15.4. The van der Waals surface area contributed by atoms with Gasteiger partial charge in [0.05, 0.1) is 27.7 Å². The Kier molecular flexibility index (Phi) is 5.37. The number of aromatic amines is 1. The Morgan fingerprint density at radius 2 is 1.85 bits per heavy atom. The fourth-order valence-corrected chi connectivity index (χ4v) is 4.59. The molecule has 0 aliphatic rings. The van der Waals surface area contributed by atoms with E-state index in [-0.39, 0.29) is 27.9 Å². The first-order valence-electron chi connectivity index (χ1n) is 7.99. The quantitative estimate of drug-likeness (QED) is 0.609. The number of esters is 1. The highest BCUT2D eigenvalue weighted by atomic mass is 35.5. The van der Waals surface area contributed by atoms with Gasteiger partial charge in [-0.15, -0.1) is 0 Å². The summed E-state index contributed by atoms with van der Waals surface area (Å²) < 4.78 is 32.2. The first-order valence-corrected chi connectivity index (χ1v) is 10.2. The van der Waals surface area contributed by atoms with Gasteiger partial charge in [0, 0.05) is 17.5 Å². The molecule has 3 rings (SSSR count). The van der Waals surface area contributed by atoms with Gasteiger partial charge < -0.3 is 9.72 Å². The van der Waals surface area contributed by atoms with Crippen molar-refractivity contribution in [2.75, 3.05) is 18.0 Å². The van der Waals surface area contributed by atoms with Gasteiger partial charge in [0.2, 0.25) is 0 Å². The number of sulfonamides is 1. The number of fused-ring (bicyclic) bond motifs is 1. The Hall–Kier alpha value is -2.22. The maximum atomic E-state index is 13.1. The number of nitrogens with zero attached hydrogens (tertiary/aromatic N) is 1. The van der Waals surface area contributed by atoms with Gasteiger partial charge in [-0.25, -0.2) is 13.2 Å². The highest BCUT2D eigenvalue weighted by Gasteiger charge is 2.30. The second-order valence-corrected chi connectivity index (χ2v) is 8.48. The van der Waals surface area contributed by atoms with Crippen molar-refractivity contribution < 1.29 is 17.9 Å². The molecule has 3 aromatic rings. The normalized spacial score (nSPS) is 11.6. The van der Waals surface area contributed by atoms with Crippen LogP contribution < -0.4 is 4.31 Å². The zero-order valence-corrected chi connectivity index (χ0v) is 16.8. The maximum Gasteiger partial charge on any atom is 0.356 e. The molecule has 0 atom stereocenters. The molecule has 0 radical (unpaired) electrons. The molecule has 1 aromatic heterocycles. The number of anilines is 1. The summed E-state index contributed by atoms with van der Waals surface area (Å²) in [6.07, 6.45) is 0. The number of aromatic nitrogens is 1. The topological polar surface area (TPSA) is 79.5 Å². The van der Waals surface area contributed by atoms with Gasteiger partial charge in [0.25, 0.3) is 10.0 Å². The third-order valence-electron chi connectivity index (χ3n) is 3.98. The van der Waals surface area contributed by atoms with E-state index >= 15 is 0 Å². The zero-order chi connectivity index (χ0) is 19.8. The number of H-pyrrole nitrogens is 1. The number of carbonyl (C=O) groups is 1. The molecular formula is C18H16Cl2N2O4S. The number of nitrogens with one attached hydrogen (secondary N) is 1. The highest BCUT2D eigenvalue weighted by Crippen LogP contribution is 2.39. The van der Waals surface area contributed by atoms with Crippen molar-refractivity contribution in [2.24, 2.45) is 0 Å². The molecule has 0 unspecified atom stereocenters. The lowest BCUT2D eigenvalue weighted by molar-refractivity contribution is 0.0521. The van der Waals surface area contributed by atoms with Gasteiger partial charge >= 0.3 is 5.97 Å². The monoisotopic (exact) mass is 426 g/mol. The Bertz CT molecular complexity index is 1110. The van der Waals surface area contributed by atoms with Gasteiger partial charge in [-0.1, -0.05) is 41.4 Å². The SMILES string of the molecule is CCOC(=O)c1[nH]c2cc(Cl)cc(Cl)c2c1N(C)S(=O)(=O)c1ccccc1. The van der Waals surface area contributed by atoms with Crippen LogP contribution in [0.1, 0.15) is 17.4 Å². The first kappa shape index (κ1) is 19.5. The van der Waals surface area contributed by atoms with Crippen LogP contribution in [-0.4, -0.2) is 33.0 Å². The van der Waals surface area contributed by atoms with Gasteiger partial charge in [0.15, 0.2) is 5.69 Å². The first-order chi connectivity index (χ1) is 12.8. The standard InChI is InChI=1S/C18H16Cl2N2O4S/c1-3-26-18(23)16-17(15-13(20)9-11(19)10-14(15)21-16)22(2)27(24,25)12-7-5-4-6-8-12/h4-10,21H,3H2,1-2H3. The average molecular weight is 427 g/mol. The molecule has 0 amide bonds. The molecule has 1 heterocycles. The summed E-state index contributed by atoms with van der Waals surface area (Å²) in [7, 11) is -2.58. The molecule has 0 spiro atoms. The summed E-state index contributed by atoms with van der Waals surface area (Å²) >= 11 is 12.4. The minimum absolute atomic E-state index is 0.0157. The Morgan fingerprint density at radius 1 is 1.19 bits per heavy atom. The molecule has 27 heavy (non-hydrogen) atoms. The largest absolute Gasteiger partial charge is 0.461 e. The fourth-order valence-electron chi connectivity index (χ4n) is 2.77. The molecule has 142 valence electrons. The third-order valence-corrected chi connectivity index (χ3v) is 6.27. The van der Waals surface area contributed by atoms with E-state index in [0.717, 1.165) is 4.31 Å². The lowest BCUT2D eigenvalue weighted by atomic mass is 10.2. The number of halogens is 2. The van der Waals surface area contributed by atoms with Gasteiger partial charge in [-0.05, 0) is 31.2 Å². The van der Waals surface area contributed by atoms with Gasteiger partial charge in [-0.3, -0.25) is 4.31 Å². The predicted octanol–water partition coefficient (Wildman–Crippen LogP) is 4.48. The van der Waals surface area contributed by atoms with Crippen LogP contribution >= 0.6 is 23.2 Å². The van der Waals surface area contributed by atoms with Crippen molar-refractivity contribution >= 4 is 55.8 Å². The van der Waals surface area contributed by atoms with Gasteiger partial charge in [-0.2, -0.15) is 0 Å². The predicted molar refractivity (Wildman–Crippen MR) is 106 cm³/mol. The molecular weight excluding hydrogens is 411 g/mol. The van der Waals surface area contributed by atoms with E-state index in [9.17, 15) is 13.2 Å². The molecule has 2 aromatic carbocycles. The Balaban J connectivity index is 2.28. The second kappa shape index (κ2) is 7.42. The summed E-state index contributed by atoms with van der Waals surface area (Å²) in [6, 6.07) is 11.0. The van der Waals surface area contributed by atoms with E-state index in [2.05, 4.69) is 4.98 Å². The minimum atomic E-state index is -3.94. The smallest absolute Gasteiger partial charge is 0.356 e.